The fourth-order valence-electron chi connectivity index (χ4n) is 2.23. The molecule has 3 N–H and O–H groups in total. The molecule has 1 saturated carbocycles. The lowest BCUT2D eigenvalue weighted by Gasteiger charge is -2.24. The smallest absolute Gasteiger partial charge is 0.0834 e. The van der Waals surface area contributed by atoms with Crippen molar-refractivity contribution in [1.82, 2.24) is 20.1 Å². The van der Waals surface area contributed by atoms with Gasteiger partial charge in [0.15, 0.2) is 0 Å². The molecule has 0 amide bonds. The van der Waals surface area contributed by atoms with Gasteiger partial charge in [0, 0.05) is 6.54 Å². The number of hydrazine groups is 1. The third kappa shape index (κ3) is 2.69. The Morgan fingerprint density at radius 2 is 2.28 bits per heavy atom. The molecule has 102 valence electrons. The van der Waals surface area contributed by atoms with Crippen molar-refractivity contribution in [3.05, 3.63) is 16.9 Å². The lowest BCUT2D eigenvalue weighted by Crippen LogP contribution is -2.36. The summed E-state index contributed by atoms with van der Waals surface area (Å²) in [6.07, 6.45) is 4.07. The van der Waals surface area contributed by atoms with Crippen LogP contribution >= 0.6 is 11.6 Å². The summed E-state index contributed by atoms with van der Waals surface area (Å²) in [5, 5.41) is 5.06. The lowest BCUT2D eigenvalue weighted by atomic mass is 9.96. The minimum Gasteiger partial charge on any atom is -0.308 e. The molecule has 1 unspecified atom stereocenters. The molecule has 6 heteroatoms. The second-order valence-corrected chi connectivity index (χ2v) is 6.07. The number of likely N-dealkylation sites (N-methyl/N-ethyl adjacent to an activating group) is 1. The first-order valence-electron chi connectivity index (χ1n) is 6.30. The van der Waals surface area contributed by atoms with Crippen LogP contribution in [0.5, 0.6) is 0 Å². The third-order valence-corrected chi connectivity index (χ3v) is 4.06. The second-order valence-electron chi connectivity index (χ2n) is 5.66. The van der Waals surface area contributed by atoms with Gasteiger partial charge < -0.3 is 4.90 Å². The van der Waals surface area contributed by atoms with Gasteiger partial charge in [-0.1, -0.05) is 18.5 Å². The quantitative estimate of drug-likeness (QED) is 0.607. The van der Waals surface area contributed by atoms with Gasteiger partial charge in [0.25, 0.3) is 0 Å². The number of nitrogens with one attached hydrogen (secondary N) is 1. The molecule has 0 radical (unpaired) electrons. The zero-order valence-corrected chi connectivity index (χ0v) is 12.0. The molecule has 1 aliphatic rings. The van der Waals surface area contributed by atoms with Gasteiger partial charge in [-0.3, -0.25) is 16.0 Å². The van der Waals surface area contributed by atoms with E-state index in [9.17, 15) is 0 Å². The van der Waals surface area contributed by atoms with Crippen LogP contribution in [-0.4, -0.2) is 35.3 Å². The summed E-state index contributed by atoms with van der Waals surface area (Å²) in [4.78, 5) is 2.13. The molecule has 1 aromatic rings. The number of nitrogens with two attached hydrogens (primary N) is 1. The second kappa shape index (κ2) is 5.17. The SMILES string of the molecule is CN(C)CCn1ncc(Cl)c1C(NN)C1(C)CC1. The number of aromatic nitrogens is 2. The molecule has 0 bridgehead atoms. The van der Waals surface area contributed by atoms with Crippen molar-refractivity contribution in [3.8, 4) is 0 Å². The van der Waals surface area contributed by atoms with Gasteiger partial charge in [-0.25, -0.2) is 0 Å². The van der Waals surface area contributed by atoms with E-state index in [4.69, 9.17) is 17.4 Å². The molecule has 1 fully saturated rings. The average molecular weight is 272 g/mol. The minimum atomic E-state index is 0.0784. The normalized spacial score (nSPS) is 19.2. The molecule has 1 heterocycles. The molecular formula is C12H22ClN5. The highest BCUT2D eigenvalue weighted by Gasteiger charge is 2.47. The molecular weight excluding hydrogens is 250 g/mol. The van der Waals surface area contributed by atoms with Crippen molar-refractivity contribution >= 4 is 11.6 Å². The summed E-state index contributed by atoms with van der Waals surface area (Å²) in [6.45, 7) is 3.99. The molecule has 0 aliphatic heterocycles. The number of hydrogen-bond acceptors (Lipinski definition) is 4. The summed E-state index contributed by atoms with van der Waals surface area (Å²) >= 11 is 6.28. The average Bonchev–Trinajstić information content (AvgIpc) is 2.95. The van der Waals surface area contributed by atoms with E-state index in [-0.39, 0.29) is 11.5 Å². The van der Waals surface area contributed by atoms with E-state index in [2.05, 4.69) is 22.3 Å². The molecule has 1 aliphatic carbocycles. The maximum Gasteiger partial charge on any atom is 0.0834 e. The third-order valence-electron chi connectivity index (χ3n) is 3.77. The van der Waals surface area contributed by atoms with Crippen molar-refractivity contribution < 1.29 is 0 Å². The highest BCUT2D eigenvalue weighted by Crippen LogP contribution is 2.54. The van der Waals surface area contributed by atoms with E-state index >= 15 is 0 Å². The van der Waals surface area contributed by atoms with Crippen molar-refractivity contribution in [1.29, 1.82) is 0 Å². The Balaban J connectivity index is 2.22. The van der Waals surface area contributed by atoms with Crippen LogP contribution in [0.1, 0.15) is 31.5 Å². The highest BCUT2D eigenvalue weighted by molar-refractivity contribution is 6.31. The monoisotopic (exact) mass is 271 g/mol. The van der Waals surface area contributed by atoms with E-state index < -0.39 is 0 Å². The summed E-state index contributed by atoms with van der Waals surface area (Å²) in [5.41, 5.74) is 4.15. The Bertz CT molecular complexity index is 411. The van der Waals surface area contributed by atoms with Crippen LogP contribution < -0.4 is 11.3 Å². The van der Waals surface area contributed by atoms with Gasteiger partial charge in [-0.2, -0.15) is 5.10 Å². The first-order chi connectivity index (χ1) is 8.48. The number of hydrogen-bond donors (Lipinski definition) is 2. The first kappa shape index (κ1) is 13.8. The van der Waals surface area contributed by atoms with Crippen LogP contribution in [0.3, 0.4) is 0 Å². The largest absolute Gasteiger partial charge is 0.308 e. The number of rotatable bonds is 6. The fraction of sp³-hybridized carbons (Fsp3) is 0.750. The van der Waals surface area contributed by atoms with Crippen LogP contribution in [0.25, 0.3) is 0 Å². The topological polar surface area (TPSA) is 59.1 Å². The van der Waals surface area contributed by atoms with Gasteiger partial charge in [-0.05, 0) is 32.4 Å². The van der Waals surface area contributed by atoms with Gasteiger partial charge in [0.2, 0.25) is 0 Å². The summed E-state index contributed by atoms with van der Waals surface area (Å²) in [5.74, 6) is 5.72. The van der Waals surface area contributed by atoms with Gasteiger partial charge in [-0.15, -0.1) is 0 Å². The van der Waals surface area contributed by atoms with Crippen molar-refractivity contribution in [3.63, 3.8) is 0 Å². The lowest BCUT2D eigenvalue weighted by molar-refractivity contribution is 0.327. The van der Waals surface area contributed by atoms with E-state index in [0.29, 0.717) is 5.02 Å². The Hall–Kier alpha value is -0.620. The molecule has 0 saturated heterocycles. The zero-order valence-electron chi connectivity index (χ0n) is 11.3. The van der Waals surface area contributed by atoms with Crippen molar-refractivity contribution in [2.24, 2.45) is 11.3 Å². The molecule has 1 atom stereocenters. The molecule has 2 rings (SSSR count). The van der Waals surface area contributed by atoms with Crippen LogP contribution in [-0.2, 0) is 6.54 Å². The van der Waals surface area contributed by atoms with Gasteiger partial charge in [0.1, 0.15) is 0 Å². The minimum absolute atomic E-state index is 0.0784. The summed E-state index contributed by atoms with van der Waals surface area (Å²) in [7, 11) is 4.09. The maximum atomic E-state index is 6.28. The Kier molecular flexibility index (Phi) is 3.96. The van der Waals surface area contributed by atoms with Gasteiger partial charge in [0.05, 0.1) is 29.5 Å². The summed E-state index contributed by atoms with van der Waals surface area (Å²) in [6, 6.07) is 0.0784. The molecule has 1 aromatic heterocycles. The predicted octanol–water partition coefficient (Wildman–Crippen LogP) is 1.40. The number of halogens is 1. The number of nitrogens with zero attached hydrogens (tertiary/aromatic N) is 3. The fourth-order valence-corrected chi connectivity index (χ4v) is 2.48. The Morgan fingerprint density at radius 1 is 1.61 bits per heavy atom. The standard InChI is InChI=1S/C12H22ClN5/c1-12(4-5-12)11(16-14)10-9(13)8-15-18(10)7-6-17(2)3/h8,11,16H,4-7,14H2,1-3H3. The first-order valence-corrected chi connectivity index (χ1v) is 6.68. The maximum absolute atomic E-state index is 6.28. The van der Waals surface area contributed by atoms with E-state index in [1.54, 1.807) is 6.20 Å². The highest BCUT2D eigenvalue weighted by atomic mass is 35.5. The van der Waals surface area contributed by atoms with Gasteiger partial charge >= 0.3 is 0 Å². The zero-order chi connectivity index (χ0) is 13.3. The molecule has 18 heavy (non-hydrogen) atoms. The van der Waals surface area contributed by atoms with Crippen LogP contribution in [0, 0.1) is 5.41 Å². The van der Waals surface area contributed by atoms with Crippen molar-refractivity contribution in [2.75, 3.05) is 20.6 Å². The van der Waals surface area contributed by atoms with Crippen molar-refractivity contribution in [2.45, 2.75) is 32.4 Å². The molecule has 0 aromatic carbocycles. The predicted molar refractivity (Wildman–Crippen MR) is 73.2 cm³/mol. The molecule has 5 nitrogen and oxygen atoms in total. The van der Waals surface area contributed by atoms with E-state index in [1.165, 1.54) is 12.8 Å². The Morgan fingerprint density at radius 3 is 2.78 bits per heavy atom. The Labute approximate surface area is 113 Å². The van der Waals surface area contributed by atoms with Crippen LogP contribution in [0.15, 0.2) is 6.20 Å². The van der Waals surface area contributed by atoms with Crippen LogP contribution in [0.4, 0.5) is 0 Å². The van der Waals surface area contributed by atoms with Crippen LogP contribution in [0.2, 0.25) is 5.02 Å². The van der Waals surface area contributed by atoms with E-state index in [1.807, 2.05) is 18.8 Å². The molecule has 0 spiro atoms. The van der Waals surface area contributed by atoms with E-state index in [0.717, 1.165) is 18.8 Å². The summed E-state index contributed by atoms with van der Waals surface area (Å²) < 4.78 is 1.97.